The van der Waals surface area contributed by atoms with Gasteiger partial charge in [0, 0.05) is 22.7 Å². The molecule has 0 amide bonds. The van der Waals surface area contributed by atoms with E-state index in [1.165, 1.54) is 24.4 Å². The molecule has 1 N–H and O–H groups in total. The Labute approximate surface area is 159 Å². The highest BCUT2D eigenvalue weighted by Crippen LogP contribution is 2.32. The van der Waals surface area contributed by atoms with Crippen LogP contribution in [0.3, 0.4) is 0 Å². The van der Waals surface area contributed by atoms with Gasteiger partial charge in [0.05, 0.1) is 21.8 Å². The van der Waals surface area contributed by atoms with Crippen LogP contribution in [0.1, 0.15) is 11.3 Å². The largest absolute Gasteiger partial charge is 0.455 e. The maximum absolute atomic E-state index is 10.9. The second-order valence-electron chi connectivity index (χ2n) is 5.41. The van der Waals surface area contributed by atoms with Gasteiger partial charge in [0.25, 0.3) is 5.69 Å². The van der Waals surface area contributed by atoms with Crippen molar-refractivity contribution in [2.75, 3.05) is 5.43 Å². The van der Waals surface area contributed by atoms with Crippen LogP contribution < -0.4 is 5.43 Å². The van der Waals surface area contributed by atoms with Crippen molar-refractivity contribution in [2.45, 2.75) is 6.92 Å². The number of nitro benzene ring substituents is 1. The van der Waals surface area contributed by atoms with Crippen molar-refractivity contribution in [1.82, 2.24) is 0 Å². The van der Waals surface area contributed by atoms with Gasteiger partial charge in [0.15, 0.2) is 0 Å². The summed E-state index contributed by atoms with van der Waals surface area (Å²) in [5.41, 5.74) is 4.94. The molecule has 0 atom stereocenters. The number of halogens is 2. The van der Waals surface area contributed by atoms with Crippen LogP contribution in [0.4, 0.5) is 11.4 Å². The van der Waals surface area contributed by atoms with Crippen LogP contribution in [0.2, 0.25) is 10.0 Å². The molecule has 132 valence electrons. The topological polar surface area (TPSA) is 80.7 Å². The lowest BCUT2D eigenvalue weighted by atomic mass is 10.1. The van der Waals surface area contributed by atoms with Gasteiger partial charge in [0.1, 0.15) is 11.5 Å². The molecule has 1 heterocycles. The molecule has 0 aliphatic heterocycles. The second-order valence-corrected chi connectivity index (χ2v) is 6.22. The van der Waals surface area contributed by atoms with E-state index in [-0.39, 0.29) is 5.69 Å². The third-order valence-electron chi connectivity index (χ3n) is 3.70. The number of nitro groups is 1. The number of nitrogens with one attached hydrogen (secondary N) is 1. The van der Waals surface area contributed by atoms with Gasteiger partial charge in [-0.1, -0.05) is 29.3 Å². The normalized spacial score (nSPS) is 11.0. The highest BCUT2D eigenvalue weighted by atomic mass is 35.5. The molecule has 0 radical (unpaired) electrons. The van der Waals surface area contributed by atoms with Crippen molar-refractivity contribution in [2.24, 2.45) is 5.10 Å². The van der Waals surface area contributed by atoms with Gasteiger partial charge in [-0.05, 0) is 42.8 Å². The molecule has 0 bridgehead atoms. The van der Waals surface area contributed by atoms with Crippen LogP contribution in [0.5, 0.6) is 0 Å². The summed E-state index contributed by atoms with van der Waals surface area (Å²) in [6.07, 6.45) is 1.50. The van der Waals surface area contributed by atoms with Crippen LogP contribution in [0.25, 0.3) is 11.3 Å². The van der Waals surface area contributed by atoms with Crippen LogP contribution >= 0.6 is 23.2 Å². The summed E-state index contributed by atoms with van der Waals surface area (Å²) < 4.78 is 5.65. The van der Waals surface area contributed by atoms with Crippen LogP contribution in [0.15, 0.2) is 58.0 Å². The fraction of sp³-hybridized carbons (Fsp3) is 0.0556. The molecule has 8 heteroatoms. The first-order valence-electron chi connectivity index (χ1n) is 7.54. The third kappa shape index (κ3) is 3.87. The summed E-state index contributed by atoms with van der Waals surface area (Å²) in [6, 6.07) is 13.0. The minimum atomic E-state index is -0.484. The molecule has 0 spiro atoms. The highest BCUT2D eigenvalue weighted by molar-refractivity contribution is 6.33. The number of anilines is 1. The second kappa shape index (κ2) is 7.59. The number of hydrogen-bond donors (Lipinski definition) is 1. The van der Waals surface area contributed by atoms with Gasteiger partial charge in [-0.15, -0.1) is 0 Å². The van der Waals surface area contributed by atoms with E-state index in [0.717, 1.165) is 11.3 Å². The smallest absolute Gasteiger partial charge is 0.270 e. The highest BCUT2D eigenvalue weighted by Gasteiger charge is 2.14. The van der Waals surface area contributed by atoms with Gasteiger partial charge >= 0.3 is 0 Å². The van der Waals surface area contributed by atoms with Gasteiger partial charge in [0.2, 0.25) is 0 Å². The summed E-state index contributed by atoms with van der Waals surface area (Å²) in [5, 5.41) is 16.0. The Kier molecular flexibility index (Phi) is 5.25. The monoisotopic (exact) mass is 389 g/mol. The summed E-state index contributed by atoms with van der Waals surface area (Å²) in [6.45, 7) is 1.88. The predicted molar refractivity (Wildman–Crippen MR) is 103 cm³/mol. The third-order valence-corrected chi connectivity index (χ3v) is 4.44. The Balaban J connectivity index is 1.79. The van der Waals surface area contributed by atoms with Crippen molar-refractivity contribution in [3.05, 3.63) is 80.0 Å². The van der Waals surface area contributed by atoms with Crippen molar-refractivity contribution in [3.8, 4) is 11.3 Å². The maximum Gasteiger partial charge on any atom is 0.270 e. The first-order valence-corrected chi connectivity index (χ1v) is 8.29. The quantitative estimate of drug-likeness (QED) is 0.333. The van der Waals surface area contributed by atoms with E-state index in [4.69, 9.17) is 27.6 Å². The number of non-ortho nitro benzene ring substituents is 1. The average Bonchev–Trinajstić information content (AvgIpc) is 3.07. The fourth-order valence-corrected chi connectivity index (χ4v) is 2.66. The summed E-state index contributed by atoms with van der Waals surface area (Å²) in [4.78, 5) is 10.4. The summed E-state index contributed by atoms with van der Waals surface area (Å²) in [7, 11) is 0. The molecule has 2 aromatic carbocycles. The Bertz CT molecular complexity index is 999. The predicted octanol–water partition coefficient (Wildman–Crippen LogP) is 5.92. The van der Waals surface area contributed by atoms with Gasteiger partial charge in [-0.2, -0.15) is 5.10 Å². The summed E-state index contributed by atoms with van der Waals surface area (Å²) in [5.74, 6) is 0.883. The molecule has 1 aromatic heterocycles. The molecule has 0 fully saturated rings. The van der Waals surface area contributed by atoms with Crippen LogP contribution in [-0.2, 0) is 0 Å². The minimum absolute atomic E-state index is 0.0610. The van der Waals surface area contributed by atoms with Gasteiger partial charge in [-0.3, -0.25) is 15.5 Å². The standard InChI is InChI=1S/C18H13Cl2N3O3/c1-11-15(19)3-2-4-17(11)22-21-10-13-6-8-18(26-13)14-9-12(23(24)25)5-7-16(14)20/h2-10,22H,1H3. The van der Waals surface area contributed by atoms with Crippen LogP contribution in [-0.4, -0.2) is 11.1 Å². The Morgan fingerprint density at radius 2 is 1.96 bits per heavy atom. The zero-order valence-corrected chi connectivity index (χ0v) is 15.1. The van der Waals surface area contributed by atoms with E-state index in [0.29, 0.717) is 27.1 Å². The van der Waals surface area contributed by atoms with Crippen molar-refractivity contribution in [1.29, 1.82) is 0 Å². The van der Waals surface area contributed by atoms with Gasteiger partial charge in [-0.25, -0.2) is 0 Å². The first-order chi connectivity index (χ1) is 12.5. The number of hydrogen-bond acceptors (Lipinski definition) is 5. The SMILES string of the molecule is Cc1c(Cl)cccc1NN=Cc1ccc(-c2cc([N+](=O)[O-])ccc2Cl)o1. The zero-order chi connectivity index (χ0) is 18.7. The Hall–Kier alpha value is -2.83. The number of hydrazone groups is 1. The van der Waals surface area contributed by atoms with Gasteiger partial charge < -0.3 is 4.42 Å². The Morgan fingerprint density at radius 1 is 1.15 bits per heavy atom. The lowest BCUT2D eigenvalue weighted by Crippen LogP contribution is -1.92. The molecule has 0 saturated heterocycles. The molecule has 26 heavy (non-hydrogen) atoms. The maximum atomic E-state index is 10.9. The van der Waals surface area contributed by atoms with Crippen molar-refractivity contribution in [3.63, 3.8) is 0 Å². The molecule has 3 aromatic rings. The zero-order valence-electron chi connectivity index (χ0n) is 13.6. The van der Waals surface area contributed by atoms with E-state index >= 15 is 0 Å². The van der Waals surface area contributed by atoms with E-state index in [1.54, 1.807) is 18.2 Å². The lowest BCUT2D eigenvalue weighted by molar-refractivity contribution is -0.384. The summed E-state index contributed by atoms with van der Waals surface area (Å²) >= 11 is 12.2. The average molecular weight is 390 g/mol. The molecule has 6 nitrogen and oxygen atoms in total. The minimum Gasteiger partial charge on any atom is -0.455 e. The van der Waals surface area contributed by atoms with E-state index < -0.39 is 4.92 Å². The molecule has 0 aliphatic rings. The number of furan rings is 1. The Morgan fingerprint density at radius 3 is 2.73 bits per heavy atom. The molecule has 0 aliphatic carbocycles. The van der Waals surface area contributed by atoms with Crippen LogP contribution in [0, 0.1) is 17.0 Å². The molecular formula is C18H13Cl2N3O3. The lowest BCUT2D eigenvalue weighted by Gasteiger charge is -2.05. The fourth-order valence-electron chi connectivity index (χ4n) is 2.28. The first kappa shape index (κ1) is 18.0. The van der Waals surface area contributed by atoms with E-state index in [2.05, 4.69) is 10.5 Å². The number of nitrogens with zero attached hydrogens (tertiary/aromatic N) is 2. The number of rotatable bonds is 5. The van der Waals surface area contributed by atoms with Crippen molar-refractivity contribution < 1.29 is 9.34 Å². The van der Waals surface area contributed by atoms with Crippen molar-refractivity contribution >= 4 is 40.8 Å². The van der Waals surface area contributed by atoms with E-state index in [9.17, 15) is 10.1 Å². The molecule has 3 rings (SSSR count). The molecular weight excluding hydrogens is 377 g/mol. The molecule has 0 saturated carbocycles. The van der Waals surface area contributed by atoms with E-state index in [1.807, 2.05) is 19.1 Å². The molecule has 0 unspecified atom stereocenters. The number of benzene rings is 2.